The Balaban J connectivity index is 2.49. The van der Waals surface area contributed by atoms with E-state index in [4.69, 9.17) is 23.2 Å². The number of hydrogen-bond acceptors (Lipinski definition) is 2. The van der Waals surface area contributed by atoms with Gasteiger partial charge in [0.2, 0.25) is 3.79 Å². The number of nitrogens with zero attached hydrogens (tertiary/aromatic N) is 1. The fourth-order valence-corrected chi connectivity index (χ4v) is 2.20. The smallest absolute Gasteiger partial charge is 0.218 e. The van der Waals surface area contributed by atoms with Crippen LogP contribution in [0.3, 0.4) is 0 Å². The van der Waals surface area contributed by atoms with E-state index in [0.29, 0.717) is 0 Å². The van der Waals surface area contributed by atoms with Crippen molar-refractivity contribution in [3.63, 3.8) is 0 Å². The van der Waals surface area contributed by atoms with Crippen molar-refractivity contribution in [1.82, 2.24) is 4.90 Å². The zero-order chi connectivity index (χ0) is 6.91. The SMILES string of the molecule is CN1CCCSC1(Cl)Cl. The first-order valence-electron chi connectivity index (χ1n) is 2.86. The van der Waals surface area contributed by atoms with E-state index >= 15 is 0 Å². The van der Waals surface area contributed by atoms with Crippen molar-refractivity contribution in [3.05, 3.63) is 0 Å². The first kappa shape index (κ1) is 7.99. The molecule has 1 fully saturated rings. The van der Waals surface area contributed by atoms with Gasteiger partial charge in [-0.05, 0) is 19.2 Å². The summed E-state index contributed by atoms with van der Waals surface area (Å²) in [6.07, 6.45) is 1.18. The van der Waals surface area contributed by atoms with Gasteiger partial charge in [-0.3, -0.25) is 4.90 Å². The summed E-state index contributed by atoms with van der Waals surface area (Å²) >= 11 is 13.3. The Bertz CT molecular complexity index is 107. The largest absolute Gasteiger partial charge is 0.267 e. The van der Waals surface area contributed by atoms with E-state index in [-0.39, 0.29) is 0 Å². The third-order valence-electron chi connectivity index (χ3n) is 1.36. The average molecular weight is 186 g/mol. The Morgan fingerprint density at radius 2 is 2.22 bits per heavy atom. The van der Waals surface area contributed by atoms with Gasteiger partial charge < -0.3 is 0 Å². The van der Waals surface area contributed by atoms with Gasteiger partial charge in [-0.2, -0.15) is 0 Å². The van der Waals surface area contributed by atoms with E-state index in [1.54, 1.807) is 11.8 Å². The van der Waals surface area contributed by atoms with Crippen LogP contribution in [0.15, 0.2) is 0 Å². The number of halogens is 2. The lowest BCUT2D eigenvalue weighted by Gasteiger charge is -2.34. The minimum atomic E-state index is -0.668. The first-order chi connectivity index (χ1) is 4.13. The fourth-order valence-electron chi connectivity index (χ4n) is 0.737. The highest BCUT2D eigenvalue weighted by atomic mass is 35.5. The summed E-state index contributed by atoms with van der Waals surface area (Å²) in [6.45, 7) is 1.00. The van der Waals surface area contributed by atoms with E-state index in [1.165, 1.54) is 6.42 Å². The molecule has 4 heteroatoms. The molecule has 0 N–H and O–H groups in total. The minimum Gasteiger partial charge on any atom is -0.267 e. The molecule has 0 aromatic rings. The molecule has 0 amide bonds. The summed E-state index contributed by atoms with van der Waals surface area (Å²) in [5.74, 6) is 1.07. The summed E-state index contributed by atoms with van der Waals surface area (Å²) in [5, 5.41) is 0. The van der Waals surface area contributed by atoms with E-state index in [1.807, 2.05) is 11.9 Å². The monoisotopic (exact) mass is 185 g/mol. The Morgan fingerprint density at radius 1 is 1.56 bits per heavy atom. The van der Waals surface area contributed by atoms with Crippen LogP contribution in [0, 0.1) is 0 Å². The van der Waals surface area contributed by atoms with Crippen molar-refractivity contribution >= 4 is 35.0 Å². The van der Waals surface area contributed by atoms with Crippen LogP contribution in [0.5, 0.6) is 0 Å². The maximum absolute atomic E-state index is 5.88. The quantitative estimate of drug-likeness (QED) is 0.421. The van der Waals surface area contributed by atoms with Gasteiger partial charge >= 0.3 is 0 Å². The Hall–Kier alpha value is 0.890. The molecule has 1 rings (SSSR count). The van der Waals surface area contributed by atoms with Crippen LogP contribution in [-0.4, -0.2) is 28.0 Å². The fraction of sp³-hybridized carbons (Fsp3) is 1.00. The second kappa shape index (κ2) is 2.87. The molecule has 0 unspecified atom stereocenters. The average Bonchev–Trinajstić information content (AvgIpc) is 1.77. The summed E-state index contributed by atoms with van der Waals surface area (Å²) < 4.78 is -0.668. The molecule has 0 aromatic heterocycles. The maximum atomic E-state index is 5.88. The lowest BCUT2D eigenvalue weighted by atomic mass is 10.4. The lowest BCUT2D eigenvalue weighted by molar-refractivity contribution is 0.334. The van der Waals surface area contributed by atoms with Crippen molar-refractivity contribution in [2.24, 2.45) is 0 Å². The van der Waals surface area contributed by atoms with Crippen LogP contribution in [-0.2, 0) is 0 Å². The summed E-state index contributed by atoms with van der Waals surface area (Å²) in [4.78, 5) is 1.95. The lowest BCUT2D eigenvalue weighted by Crippen LogP contribution is -2.38. The van der Waals surface area contributed by atoms with Gasteiger partial charge in [0.05, 0.1) is 0 Å². The molecule has 1 aliphatic rings. The second-order valence-electron chi connectivity index (χ2n) is 2.11. The van der Waals surface area contributed by atoms with Crippen LogP contribution >= 0.6 is 35.0 Å². The van der Waals surface area contributed by atoms with Gasteiger partial charge in [0.1, 0.15) is 0 Å². The minimum absolute atomic E-state index is 0.668. The molecule has 0 aromatic carbocycles. The zero-order valence-corrected chi connectivity index (χ0v) is 7.56. The molecule has 1 nitrogen and oxygen atoms in total. The third kappa shape index (κ3) is 1.90. The topological polar surface area (TPSA) is 3.24 Å². The predicted molar refractivity (Wildman–Crippen MR) is 44.1 cm³/mol. The van der Waals surface area contributed by atoms with Gasteiger partial charge in [-0.1, -0.05) is 23.2 Å². The van der Waals surface area contributed by atoms with Gasteiger partial charge in [-0.15, -0.1) is 11.8 Å². The molecule has 0 atom stereocenters. The van der Waals surface area contributed by atoms with E-state index in [0.717, 1.165) is 12.3 Å². The molecule has 0 spiro atoms. The van der Waals surface area contributed by atoms with Crippen LogP contribution in [0.2, 0.25) is 0 Å². The van der Waals surface area contributed by atoms with Crippen LogP contribution < -0.4 is 0 Å². The molecular formula is C5H9Cl2NS. The Morgan fingerprint density at radius 3 is 2.56 bits per heavy atom. The zero-order valence-electron chi connectivity index (χ0n) is 5.23. The first-order valence-corrected chi connectivity index (χ1v) is 4.60. The summed E-state index contributed by atoms with van der Waals surface area (Å²) in [5.41, 5.74) is 0. The highest BCUT2D eigenvalue weighted by molar-refractivity contribution is 8.03. The molecule has 0 radical (unpaired) electrons. The molecule has 0 bridgehead atoms. The maximum Gasteiger partial charge on any atom is 0.218 e. The standard InChI is InChI=1S/C5H9Cl2NS/c1-8-3-2-4-9-5(8,6)7/h2-4H2,1H3. The van der Waals surface area contributed by atoms with Crippen LogP contribution in [0.4, 0.5) is 0 Å². The molecular weight excluding hydrogens is 177 g/mol. The van der Waals surface area contributed by atoms with Crippen molar-refractivity contribution < 1.29 is 0 Å². The molecule has 1 saturated heterocycles. The van der Waals surface area contributed by atoms with E-state index < -0.39 is 3.79 Å². The van der Waals surface area contributed by atoms with Gasteiger partial charge in [-0.25, -0.2) is 0 Å². The number of rotatable bonds is 0. The van der Waals surface area contributed by atoms with Crippen LogP contribution in [0.25, 0.3) is 0 Å². The Labute approximate surface area is 69.7 Å². The van der Waals surface area contributed by atoms with E-state index in [9.17, 15) is 0 Å². The van der Waals surface area contributed by atoms with Crippen LogP contribution in [0.1, 0.15) is 6.42 Å². The van der Waals surface area contributed by atoms with E-state index in [2.05, 4.69) is 0 Å². The summed E-state index contributed by atoms with van der Waals surface area (Å²) in [6, 6.07) is 0. The Kier molecular flexibility index (Phi) is 2.55. The molecule has 1 aliphatic heterocycles. The van der Waals surface area contributed by atoms with Crippen molar-refractivity contribution in [1.29, 1.82) is 0 Å². The molecule has 0 aliphatic carbocycles. The van der Waals surface area contributed by atoms with Gasteiger partial charge in [0.15, 0.2) is 0 Å². The third-order valence-corrected chi connectivity index (χ3v) is 3.74. The molecule has 1 heterocycles. The number of hydrogen-bond donors (Lipinski definition) is 0. The second-order valence-corrected chi connectivity index (χ2v) is 5.13. The summed E-state index contributed by atoms with van der Waals surface area (Å²) in [7, 11) is 1.94. The van der Waals surface area contributed by atoms with Crippen molar-refractivity contribution in [3.8, 4) is 0 Å². The van der Waals surface area contributed by atoms with Gasteiger partial charge in [0.25, 0.3) is 0 Å². The van der Waals surface area contributed by atoms with Crippen molar-refractivity contribution in [2.45, 2.75) is 10.2 Å². The van der Waals surface area contributed by atoms with Gasteiger partial charge in [0, 0.05) is 6.54 Å². The molecule has 54 valence electrons. The highest BCUT2D eigenvalue weighted by Gasteiger charge is 2.32. The highest BCUT2D eigenvalue weighted by Crippen LogP contribution is 2.40. The number of thioether (sulfide) groups is 1. The predicted octanol–water partition coefficient (Wildman–Crippen LogP) is 2.14. The molecule has 0 saturated carbocycles. The van der Waals surface area contributed by atoms with Crippen molar-refractivity contribution in [2.75, 3.05) is 19.3 Å². The molecule has 9 heavy (non-hydrogen) atoms. The normalized spacial score (nSPS) is 28.3. The number of alkyl halides is 2.